The normalized spacial score (nSPS) is 21.2. The average molecular weight is 469 g/mol. The molecule has 2 rings (SSSR count). The van der Waals surface area contributed by atoms with Gasteiger partial charge in [0.05, 0.1) is 19.3 Å². The van der Waals surface area contributed by atoms with Gasteiger partial charge in [-0.25, -0.2) is 4.79 Å². The van der Waals surface area contributed by atoms with Crippen LogP contribution in [0.1, 0.15) is 18.2 Å². The molecule has 30 heavy (non-hydrogen) atoms. The number of aliphatic hydroxyl groups excluding tert-OH is 1. The molecule has 1 fully saturated rings. The van der Waals surface area contributed by atoms with Gasteiger partial charge in [-0.15, -0.1) is 0 Å². The lowest BCUT2D eigenvalue weighted by atomic mass is 10.2. The molecule has 1 aliphatic heterocycles. The van der Waals surface area contributed by atoms with Gasteiger partial charge in [-0.2, -0.15) is 13.2 Å². The molecule has 14 heteroatoms. The Morgan fingerprint density at radius 3 is 2.87 bits per heavy atom. The number of alkyl halides is 3. The summed E-state index contributed by atoms with van der Waals surface area (Å²) in [6.45, 7) is -0.985. The third-order valence-corrected chi connectivity index (χ3v) is 5.37. The van der Waals surface area contributed by atoms with Crippen LogP contribution in [0.5, 0.6) is 0 Å². The van der Waals surface area contributed by atoms with E-state index in [1.165, 1.54) is 21.6 Å². The van der Waals surface area contributed by atoms with Crippen LogP contribution < -0.4 is 16.6 Å². The summed E-state index contributed by atoms with van der Waals surface area (Å²) in [6, 6.07) is 0. The number of hydrogen-bond acceptors (Lipinski definition) is 8. The van der Waals surface area contributed by atoms with Crippen LogP contribution in [0.15, 0.2) is 15.8 Å². The van der Waals surface area contributed by atoms with Crippen LogP contribution in [-0.4, -0.2) is 64.3 Å². The van der Waals surface area contributed by atoms with E-state index < -0.39 is 48.3 Å². The topological polar surface area (TPSA) is 123 Å². The number of nitrogens with one attached hydrogen (secondary N) is 2. The number of carbonyl (C=O) groups is 1. The maximum atomic E-state index is 12.2. The van der Waals surface area contributed by atoms with Gasteiger partial charge in [-0.1, -0.05) is 33.4 Å². The van der Waals surface area contributed by atoms with E-state index in [0.29, 0.717) is 5.94 Å². The Balaban J connectivity index is 2.14. The Kier molecular flexibility index (Phi) is 8.86. The number of halogens is 3. The number of H-pyrrole nitrogens is 1. The van der Waals surface area contributed by atoms with Crippen LogP contribution in [0.3, 0.4) is 0 Å². The number of ether oxygens (including phenoxy) is 2. The molecule has 0 unspecified atom stereocenters. The van der Waals surface area contributed by atoms with Crippen molar-refractivity contribution in [2.45, 2.75) is 31.0 Å². The van der Waals surface area contributed by atoms with Crippen LogP contribution in [-0.2, 0) is 14.3 Å². The second kappa shape index (κ2) is 10.9. The summed E-state index contributed by atoms with van der Waals surface area (Å²) >= 11 is 0. The fourth-order valence-corrected chi connectivity index (χ4v) is 3.31. The second-order valence-corrected chi connectivity index (χ2v) is 8.36. The van der Waals surface area contributed by atoms with Crippen molar-refractivity contribution in [1.82, 2.24) is 14.9 Å². The summed E-state index contributed by atoms with van der Waals surface area (Å²) < 4.78 is 48.7. The van der Waals surface area contributed by atoms with E-state index in [4.69, 9.17) is 9.47 Å². The van der Waals surface area contributed by atoms with Crippen LogP contribution >= 0.6 is 21.6 Å². The molecule has 3 atom stereocenters. The number of nitrogens with zero attached hydrogens (tertiary/aromatic N) is 1. The molecule has 0 aromatic carbocycles. The lowest BCUT2D eigenvalue weighted by Crippen LogP contribution is -2.37. The maximum Gasteiger partial charge on any atom is 0.471 e. The number of amides is 1. The largest absolute Gasteiger partial charge is 0.471 e. The first-order valence-electron chi connectivity index (χ1n) is 8.40. The lowest BCUT2D eigenvalue weighted by molar-refractivity contribution is -0.173. The van der Waals surface area contributed by atoms with E-state index in [2.05, 4.69) is 11.8 Å². The molecule has 0 bridgehead atoms. The number of aromatic nitrogens is 2. The minimum atomic E-state index is -5.04. The van der Waals surface area contributed by atoms with Crippen molar-refractivity contribution >= 4 is 27.5 Å². The Hall–Kier alpha value is -1.92. The highest BCUT2D eigenvalue weighted by Gasteiger charge is 2.38. The minimum absolute atomic E-state index is 0.206. The standard InChI is InChI=1S/C16H18F3N3O6S2/c1-29-30-8-27-10-5-12(28-11(10)7-23)22-6-9(13(24)21-15(22)26)3-2-4-20-14(25)16(17,18)19/h6,10-12,23H,4-5,7-8H2,1H3,(H,20,25)(H,21,24,26)/t10-,11-,12-/m1/s1. The highest BCUT2D eigenvalue weighted by Crippen LogP contribution is 2.31. The van der Waals surface area contributed by atoms with Crippen molar-refractivity contribution in [3.8, 4) is 11.8 Å². The zero-order chi connectivity index (χ0) is 22.3. The maximum absolute atomic E-state index is 12.2. The van der Waals surface area contributed by atoms with Crippen molar-refractivity contribution in [1.29, 1.82) is 0 Å². The van der Waals surface area contributed by atoms with E-state index in [9.17, 15) is 32.7 Å². The van der Waals surface area contributed by atoms with Crippen LogP contribution in [0.4, 0.5) is 13.2 Å². The molecule has 0 aliphatic carbocycles. The molecule has 9 nitrogen and oxygen atoms in total. The molecule has 1 saturated heterocycles. The van der Waals surface area contributed by atoms with E-state index in [0.717, 1.165) is 10.8 Å². The van der Waals surface area contributed by atoms with Crippen molar-refractivity contribution in [3.63, 3.8) is 0 Å². The number of carbonyl (C=O) groups excluding carboxylic acids is 1. The fourth-order valence-electron chi connectivity index (χ4n) is 2.53. The molecule has 1 aromatic heterocycles. The van der Waals surface area contributed by atoms with E-state index in [1.807, 2.05) is 11.2 Å². The molecule has 0 saturated carbocycles. The predicted octanol–water partition coefficient (Wildman–Crippen LogP) is 0.200. The van der Waals surface area contributed by atoms with Gasteiger partial charge in [0, 0.05) is 12.6 Å². The summed E-state index contributed by atoms with van der Waals surface area (Å²) in [5.74, 6) is 2.72. The summed E-state index contributed by atoms with van der Waals surface area (Å²) in [4.78, 5) is 36.8. The number of hydrogen-bond donors (Lipinski definition) is 3. The molecule has 1 aromatic rings. The Labute approximate surface area is 176 Å². The first kappa shape index (κ1) is 24.4. The zero-order valence-electron chi connectivity index (χ0n) is 15.5. The summed E-state index contributed by atoms with van der Waals surface area (Å²) in [7, 11) is 2.95. The van der Waals surface area contributed by atoms with Crippen molar-refractivity contribution in [2.24, 2.45) is 0 Å². The SMILES string of the molecule is CSSCO[C@@H]1C[C@H](n2cc(C#CCNC(=O)C(F)(F)F)c(=O)[nH]c2=O)O[C@@H]1CO. The van der Waals surface area contributed by atoms with Gasteiger partial charge in [0.2, 0.25) is 0 Å². The van der Waals surface area contributed by atoms with Crippen molar-refractivity contribution < 1.29 is 32.5 Å². The van der Waals surface area contributed by atoms with E-state index in [1.54, 1.807) is 5.32 Å². The molecule has 1 aliphatic rings. The van der Waals surface area contributed by atoms with Crippen LogP contribution in [0, 0.1) is 11.8 Å². The lowest BCUT2D eigenvalue weighted by Gasteiger charge is -2.15. The Bertz CT molecular complexity index is 924. The van der Waals surface area contributed by atoms with Crippen molar-refractivity contribution in [3.05, 3.63) is 32.6 Å². The summed E-state index contributed by atoms with van der Waals surface area (Å²) in [5, 5.41) is 11.0. The zero-order valence-corrected chi connectivity index (χ0v) is 17.2. The Morgan fingerprint density at radius 2 is 2.23 bits per heavy atom. The second-order valence-electron chi connectivity index (χ2n) is 5.85. The minimum Gasteiger partial charge on any atom is -0.394 e. The highest BCUT2D eigenvalue weighted by atomic mass is 33.1. The van der Waals surface area contributed by atoms with Crippen LogP contribution in [0.25, 0.3) is 0 Å². The smallest absolute Gasteiger partial charge is 0.394 e. The molecule has 3 N–H and O–H groups in total. The van der Waals surface area contributed by atoms with Gasteiger partial charge in [-0.3, -0.25) is 19.1 Å². The van der Waals surface area contributed by atoms with Gasteiger partial charge in [0.15, 0.2) is 0 Å². The summed E-state index contributed by atoms with van der Waals surface area (Å²) in [5.41, 5.74) is -1.83. The number of aliphatic hydroxyl groups is 1. The monoisotopic (exact) mass is 469 g/mol. The first-order chi connectivity index (χ1) is 14.2. The van der Waals surface area contributed by atoms with Crippen LogP contribution in [0.2, 0.25) is 0 Å². The number of aromatic amines is 1. The molecular weight excluding hydrogens is 451 g/mol. The van der Waals surface area contributed by atoms with Gasteiger partial charge in [-0.05, 0) is 6.26 Å². The fraction of sp³-hybridized carbons (Fsp3) is 0.562. The van der Waals surface area contributed by atoms with Crippen molar-refractivity contribution in [2.75, 3.05) is 25.3 Å². The third kappa shape index (κ3) is 6.54. The molecule has 1 amide bonds. The quantitative estimate of drug-likeness (QED) is 0.224. The summed E-state index contributed by atoms with van der Waals surface area (Å²) in [6.07, 6.45) is -3.83. The molecule has 2 heterocycles. The first-order valence-corrected chi connectivity index (χ1v) is 11.1. The molecular formula is C16H18F3N3O6S2. The average Bonchev–Trinajstić information content (AvgIpc) is 3.08. The van der Waals surface area contributed by atoms with Gasteiger partial charge < -0.3 is 19.9 Å². The van der Waals surface area contributed by atoms with Gasteiger partial charge in [0.25, 0.3) is 5.56 Å². The molecule has 166 valence electrons. The number of rotatable bonds is 7. The van der Waals surface area contributed by atoms with Gasteiger partial charge >= 0.3 is 17.8 Å². The Morgan fingerprint density at radius 1 is 1.50 bits per heavy atom. The van der Waals surface area contributed by atoms with E-state index >= 15 is 0 Å². The van der Waals surface area contributed by atoms with E-state index in [-0.39, 0.29) is 18.6 Å². The van der Waals surface area contributed by atoms with Gasteiger partial charge in [0.1, 0.15) is 23.8 Å². The molecule has 0 radical (unpaired) electrons. The predicted molar refractivity (Wildman–Crippen MR) is 104 cm³/mol. The third-order valence-electron chi connectivity index (χ3n) is 3.90. The highest BCUT2D eigenvalue weighted by molar-refractivity contribution is 8.76. The molecule has 0 spiro atoms.